The number of halogens is 1. The van der Waals surface area contributed by atoms with Crippen molar-refractivity contribution in [3.05, 3.63) is 106 Å². The van der Waals surface area contributed by atoms with Crippen LogP contribution in [0.3, 0.4) is 0 Å². The molecular formula is C25H22ClNO3. The highest BCUT2D eigenvalue weighted by molar-refractivity contribution is 6.30. The summed E-state index contributed by atoms with van der Waals surface area (Å²) in [4.78, 5) is 25.4. The summed E-state index contributed by atoms with van der Waals surface area (Å²) in [6, 6.07) is 21.7. The van der Waals surface area contributed by atoms with Crippen molar-refractivity contribution in [3.63, 3.8) is 0 Å². The van der Waals surface area contributed by atoms with E-state index in [4.69, 9.17) is 16.3 Å². The lowest BCUT2D eigenvalue weighted by Crippen LogP contribution is -2.25. The molecule has 0 fully saturated rings. The fourth-order valence-electron chi connectivity index (χ4n) is 3.05. The van der Waals surface area contributed by atoms with Crippen molar-refractivity contribution in [2.75, 3.05) is 5.32 Å². The van der Waals surface area contributed by atoms with E-state index < -0.39 is 18.0 Å². The van der Waals surface area contributed by atoms with Gasteiger partial charge in [0.15, 0.2) is 0 Å². The molecule has 3 aromatic rings. The molecule has 0 aliphatic carbocycles. The van der Waals surface area contributed by atoms with Gasteiger partial charge in [0, 0.05) is 22.3 Å². The monoisotopic (exact) mass is 419 g/mol. The topological polar surface area (TPSA) is 55.4 Å². The van der Waals surface area contributed by atoms with Gasteiger partial charge < -0.3 is 10.1 Å². The van der Waals surface area contributed by atoms with Crippen molar-refractivity contribution in [1.29, 1.82) is 0 Å². The molecule has 152 valence electrons. The van der Waals surface area contributed by atoms with Crippen LogP contribution >= 0.6 is 11.6 Å². The SMILES string of the molecule is Cc1cc(C)cc(NC(=O)C(OC(=O)C=Cc2ccc(Cl)cc2)c2ccccc2)c1. The smallest absolute Gasteiger partial charge is 0.331 e. The minimum absolute atomic E-state index is 0.417. The molecule has 0 aliphatic rings. The number of benzene rings is 3. The molecule has 1 N–H and O–H groups in total. The van der Waals surface area contributed by atoms with Gasteiger partial charge in [-0.25, -0.2) is 4.79 Å². The van der Waals surface area contributed by atoms with Gasteiger partial charge in [-0.2, -0.15) is 0 Å². The van der Waals surface area contributed by atoms with E-state index >= 15 is 0 Å². The molecule has 3 aromatic carbocycles. The zero-order valence-electron chi connectivity index (χ0n) is 16.8. The molecule has 0 radical (unpaired) electrons. The Hall–Kier alpha value is -3.37. The minimum Gasteiger partial charge on any atom is -0.444 e. The largest absolute Gasteiger partial charge is 0.444 e. The Morgan fingerprint density at radius 3 is 2.20 bits per heavy atom. The molecule has 5 heteroatoms. The maximum absolute atomic E-state index is 13.0. The molecule has 30 heavy (non-hydrogen) atoms. The summed E-state index contributed by atoms with van der Waals surface area (Å²) >= 11 is 5.87. The fourth-order valence-corrected chi connectivity index (χ4v) is 3.18. The van der Waals surface area contributed by atoms with Crippen molar-refractivity contribution in [3.8, 4) is 0 Å². The number of amides is 1. The summed E-state index contributed by atoms with van der Waals surface area (Å²) < 4.78 is 5.51. The molecular weight excluding hydrogens is 398 g/mol. The molecule has 0 saturated carbocycles. The van der Waals surface area contributed by atoms with E-state index in [1.54, 1.807) is 54.6 Å². The van der Waals surface area contributed by atoms with Gasteiger partial charge >= 0.3 is 5.97 Å². The van der Waals surface area contributed by atoms with E-state index in [2.05, 4.69) is 5.32 Å². The second kappa shape index (κ2) is 9.90. The maximum Gasteiger partial charge on any atom is 0.331 e. The molecule has 0 heterocycles. The lowest BCUT2D eigenvalue weighted by atomic mass is 10.1. The fraction of sp³-hybridized carbons (Fsp3) is 0.120. The number of carbonyl (C=O) groups is 2. The van der Waals surface area contributed by atoms with Gasteiger partial charge in [0.1, 0.15) is 0 Å². The van der Waals surface area contributed by atoms with Crippen molar-refractivity contribution < 1.29 is 14.3 Å². The van der Waals surface area contributed by atoms with Crippen LogP contribution in [0.2, 0.25) is 5.02 Å². The van der Waals surface area contributed by atoms with Crippen molar-refractivity contribution in [2.45, 2.75) is 20.0 Å². The molecule has 1 amide bonds. The van der Waals surface area contributed by atoms with E-state index in [1.165, 1.54) is 6.08 Å². The average Bonchev–Trinajstić information content (AvgIpc) is 2.71. The first-order valence-electron chi connectivity index (χ1n) is 9.49. The summed E-state index contributed by atoms with van der Waals surface area (Å²) in [5, 5.41) is 3.47. The number of ether oxygens (including phenoxy) is 1. The van der Waals surface area contributed by atoms with Gasteiger partial charge in [-0.15, -0.1) is 0 Å². The Bertz CT molecular complexity index is 1040. The molecule has 0 bridgehead atoms. The van der Waals surface area contributed by atoms with Crippen LogP contribution in [0.15, 0.2) is 78.9 Å². The Morgan fingerprint density at radius 1 is 0.933 bits per heavy atom. The summed E-state index contributed by atoms with van der Waals surface area (Å²) in [7, 11) is 0. The van der Waals surface area contributed by atoms with Gasteiger partial charge in [-0.05, 0) is 60.9 Å². The number of rotatable bonds is 6. The summed E-state index contributed by atoms with van der Waals surface area (Å²) in [5.41, 5.74) is 4.11. The summed E-state index contributed by atoms with van der Waals surface area (Å²) in [5.74, 6) is -1.03. The predicted molar refractivity (Wildman–Crippen MR) is 120 cm³/mol. The normalized spacial score (nSPS) is 11.8. The van der Waals surface area contributed by atoms with E-state index in [-0.39, 0.29) is 0 Å². The van der Waals surface area contributed by atoms with E-state index in [0.717, 1.165) is 16.7 Å². The molecule has 0 aliphatic heterocycles. The highest BCUT2D eigenvalue weighted by Crippen LogP contribution is 2.22. The minimum atomic E-state index is -1.07. The molecule has 4 nitrogen and oxygen atoms in total. The van der Waals surface area contributed by atoms with Gasteiger partial charge in [-0.3, -0.25) is 4.79 Å². The zero-order chi connectivity index (χ0) is 21.5. The van der Waals surface area contributed by atoms with Crippen molar-refractivity contribution in [2.24, 2.45) is 0 Å². The Morgan fingerprint density at radius 2 is 1.57 bits per heavy atom. The van der Waals surface area contributed by atoms with Gasteiger partial charge in [0.25, 0.3) is 5.91 Å². The first kappa shape index (κ1) is 21.3. The van der Waals surface area contributed by atoms with Gasteiger partial charge in [-0.1, -0.05) is 60.1 Å². The molecule has 1 atom stereocenters. The molecule has 0 spiro atoms. The summed E-state index contributed by atoms with van der Waals surface area (Å²) in [6.45, 7) is 3.91. The quantitative estimate of drug-likeness (QED) is 0.400. The lowest BCUT2D eigenvalue weighted by molar-refractivity contribution is -0.149. The zero-order valence-corrected chi connectivity index (χ0v) is 17.5. The van der Waals surface area contributed by atoms with Crippen LogP contribution in [0.25, 0.3) is 6.08 Å². The second-order valence-electron chi connectivity index (χ2n) is 6.98. The van der Waals surface area contributed by atoms with Crippen LogP contribution in [0.5, 0.6) is 0 Å². The Balaban J connectivity index is 1.77. The lowest BCUT2D eigenvalue weighted by Gasteiger charge is -2.18. The first-order chi connectivity index (χ1) is 14.4. The number of hydrogen-bond acceptors (Lipinski definition) is 3. The second-order valence-corrected chi connectivity index (χ2v) is 7.41. The van der Waals surface area contributed by atoms with Crippen LogP contribution < -0.4 is 5.32 Å². The van der Waals surface area contributed by atoms with Crippen molar-refractivity contribution in [1.82, 2.24) is 0 Å². The third-order valence-corrected chi connectivity index (χ3v) is 4.60. The van der Waals surface area contributed by atoms with Crippen LogP contribution in [0.4, 0.5) is 5.69 Å². The highest BCUT2D eigenvalue weighted by atomic mass is 35.5. The third kappa shape index (κ3) is 6.06. The van der Waals surface area contributed by atoms with Crippen LogP contribution in [0, 0.1) is 13.8 Å². The molecule has 0 saturated heterocycles. The number of nitrogens with one attached hydrogen (secondary N) is 1. The van der Waals surface area contributed by atoms with Gasteiger partial charge in [0.2, 0.25) is 6.10 Å². The Labute approximate surface area is 181 Å². The van der Waals surface area contributed by atoms with Crippen LogP contribution in [0.1, 0.15) is 28.4 Å². The van der Waals surface area contributed by atoms with Crippen LogP contribution in [-0.4, -0.2) is 11.9 Å². The van der Waals surface area contributed by atoms with E-state index in [1.807, 2.05) is 38.1 Å². The predicted octanol–water partition coefficient (Wildman–Crippen LogP) is 5.89. The maximum atomic E-state index is 13.0. The highest BCUT2D eigenvalue weighted by Gasteiger charge is 2.24. The van der Waals surface area contributed by atoms with E-state index in [0.29, 0.717) is 16.3 Å². The van der Waals surface area contributed by atoms with Gasteiger partial charge in [0.05, 0.1) is 0 Å². The van der Waals surface area contributed by atoms with E-state index in [9.17, 15) is 9.59 Å². The molecule has 3 rings (SSSR count). The standard InChI is InChI=1S/C25H22ClNO3/c1-17-14-18(2)16-22(15-17)27-25(29)24(20-6-4-3-5-7-20)30-23(28)13-10-19-8-11-21(26)12-9-19/h3-16,24H,1-2H3,(H,27,29). The number of carbonyl (C=O) groups excluding carboxylic acids is 2. The third-order valence-electron chi connectivity index (χ3n) is 4.35. The van der Waals surface area contributed by atoms with Crippen molar-refractivity contribution >= 4 is 35.2 Å². The number of anilines is 1. The number of esters is 1. The first-order valence-corrected chi connectivity index (χ1v) is 9.87. The number of hydrogen-bond donors (Lipinski definition) is 1. The summed E-state index contributed by atoms with van der Waals surface area (Å²) in [6.07, 6.45) is 1.83. The molecule has 1 unspecified atom stereocenters. The molecule has 0 aromatic heterocycles. The average molecular weight is 420 g/mol. The number of aryl methyl sites for hydroxylation is 2. The van der Waals surface area contributed by atoms with Crippen LogP contribution in [-0.2, 0) is 14.3 Å². The Kier molecular flexibility index (Phi) is 7.04.